The summed E-state index contributed by atoms with van der Waals surface area (Å²) in [5, 5.41) is 22.5. The first kappa shape index (κ1) is 12.6. The van der Waals surface area contributed by atoms with Gasteiger partial charge < -0.3 is 5.11 Å². The molecule has 0 fully saturated rings. The molecule has 8 nitrogen and oxygen atoms in total. The number of aromatic hydroxyl groups is 1. The molecule has 19 heavy (non-hydrogen) atoms. The second kappa shape index (κ2) is 4.77. The minimum Gasteiger partial charge on any atom is -0.508 e. The fourth-order valence-corrected chi connectivity index (χ4v) is 1.56. The molecule has 1 heterocycles. The van der Waals surface area contributed by atoms with E-state index in [2.05, 4.69) is 5.10 Å². The van der Waals surface area contributed by atoms with Crippen LogP contribution in [-0.4, -0.2) is 19.8 Å². The third kappa shape index (κ3) is 2.68. The Morgan fingerprint density at radius 1 is 1.26 bits per heavy atom. The highest BCUT2D eigenvalue weighted by Crippen LogP contribution is 2.23. The lowest BCUT2D eigenvalue weighted by molar-refractivity contribution is -0.384. The Hall–Kier alpha value is -2.90. The van der Waals surface area contributed by atoms with E-state index in [1.807, 2.05) is 0 Å². The number of aromatic nitrogens is 2. The van der Waals surface area contributed by atoms with Crippen molar-refractivity contribution in [2.75, 3.05) is 0 Å². The second-order valence-electron chi connectivity index (χ2n) is 3.80. The average Bonchev–Trinajstić information content (AvgIpc) is 2.36. The molecular formula is C11H9N3O5. The summed E-state index contributed by atoms with van der Waals surface area (Å²) in [7, 11) is 0. The normalized spacial score (nSPS) is 10.3. The van der Waals surface area contributed by atoms with Gasteiger partial charge in [-0.15, -0.1) is 0 Å². The third-order valence-electron chi connectivity index (χ3n) is 2.49. The molecule has 1 aromatic heterocycles. The Labute approximate surface area is 105 Å². The van der Waals surface area contributed by atoms with Gasteiger partial charge in [-0.3, -0.25) is 24.8 Å². The zero-order chi connectivity index (χ0) is 14.0. The number of nitrogens with one attached hydrogen (secondary N) is 1. The SMILES string of the molecule is O=c1ccc(=O)n(Cc2cc([N+](=O)[O-])ccc2O)[nH]1. The molecule has 1 aromatic carbocycles. The molecule has 98 valence electrons. The first-order valence-electron chi connectivity index (χ1n) is 5.24. The molecule has 0 radical (unpaired) electrons. The number of hydrogen-bond donors (Lipinski definition) is 2. The van der Waals surface area contributed by atoms with Crippen LogP contribution >= 0.6 is 0 Å². The van der Waals surface area contributed by atoms with Gasteiger partial charge in [0.15, 0.2) is 0 Å². The second-order valence-corrected chi connectivity index (χ2v) is 3.80. The minimum atomic E-state index is -0.612. The molecule has 0 unspecified atom stereocenters. The van der Waals surface area contributed by atoms with Crippen LogP contribution in [0.5, 0.6) is 5.75 Å². The standard InChI is InChI=1S/C11H9N3O5/c15-9-2-1-8(14(18)19)5-7(9)6-13-11(17)4-3-10(16)12-13/h1-5,15H,6H2,(H,12,16). The van der Waals surface area contributed by atoms with E-state index in [4.69, 9.17) is 0 Å². The van der Waals surface area contributed by atoms with Gasteiger partial charge >= 0.3 is 0 Å². The maximum absolute atomic E-state index is 11.5. The summed E-state index contributed by atoms with van der Waals surface area (Å²) in [5.74, 6) is -0.192. The monoisotopic (exact) mass is 263 g/mol. The zero-order valence-corrected chi connectivity index (χ0v) is 9.57. The summed E-state index contributed by atoms with van der Waals surface area (Å²) < 4.78 is 0.959. The molecular weight excluding hydrogens is 254 g/mol. The number of phenols is 1. The van der Waals surface area contributed by atoms with Crippen molar-refractivity contribution >= 4 is 5.69 Å². The molecule has 0 spiro atoms. The molecule has 0 aliphatic carbocycles. The Morgan fingerprint density at radius 2 is 2.00 bits per heavy atom. The van der Waals surface area contributed by atoms with Crippen LogP contribution in [0.4, 0.5) is 5.69 Å². The van der Waals surface area contributed by atoms with Gasteiger partial charge in [0.05, 0.1) is 11.5 Å². The Morgan fingerprint density at radius 3 is 2.68 bits per heavy atom. The van der Waals surface area contributed by atoms with Gasteiger partial charge in [-0.05, 0) is 6.07 Å². The van der Waals surface area contributed by atoms with Crippen LogP contribution < -0.4 is 11.1 Å². The Kier molecular flexibility index (Phi) is 3.15. The summed E-state index contributed by atoms with van der Waals surface area (Å²) in [4.78, 5) is 32.6. The van der Waals surface area contributed by atoms with Crippen LogP contribution in [0.3, 0.4) is 0 Å². The van der Waals surface area contributed by atoms with E-state index < -0.39 is 16.0 Å². The van der Waals surface area contributed by atoms with Crippen molar-refractivity contribution < 1.29 is 10.0 Å². The predicted molar refractivity (Wildman–Crippen MR) is 65.2 cm³/mol. The molecule has 0 aliphatic heterocycles. The van der Waals surface area contributed by atoms with Crippen molar-refractivity contribution in [2.24, 2.45) is 0 Å². The molecule has 0 saturated carbocycles. The van der Waals surface area contributed by atoms with Crippen LogP contribution in [0.2, 0.25) is 0 Å². The molecule has 2 N–H and O–H groups in total. The van der Waals surface area contributed by atoms with Crippen molar-refractivity contribution in [1.82, 2.24) is 9.78 Å². The van der Waals surface area contributed by atoms with E-state index in [-0.39, 0.29) is 23.5 Å². The predicted octanol–water partition coefficient (Wildman–Crippen LogP) is 0.199. The Bertz CT molecular complexity index is 746. The van der Waals surface area contributed by atoms with E-state index in [0.717, 1.165) is 28.9 Å². The topological polar surface area (TPSA) is 118 Å². The van der Waals surface area contributed by atoms with Crippen molar-refractivity contribution in [3.8, 4) is 5.75 Å². The first-order valence-corrected chi connectivity index (χ1v) is 5.24. The van der Waals surface area contributed by atoms with Crippen LogP contribution in [0, 0.1) is 10.1 Å². The molecule has 0 bridgehead atoms. The van der Waals surface area contributed by atoms with Crippen molar-refractivity contribution in [2.45, 2.75) is 6.54 Å². The molecule has 0 amide bonds. The molecule has 2 rings (SSSR count). The average molecular weight is 263 g/mol. The summed E-state index contributed by atoms with van der Waals surface area (Å²) in [6.45, 7) is -0.164. The lowest BCUT2D eigenvalue weighted by Gasteiger charge is -2.06. The van der Waals surface area contributed by atoms with E-state index in [1.54, 1.807) is 0 Å². The highest BCUT2D eigenvalue weighted by atomic mass is 16.6. The highest BCUT2D eigenvalue weighted by molar-refractivity contribution is 5.43. The quantitative estimate of drug-likeness (QED) is 0.605. The van der Waals surface area contributed by atoms with Crippen LogP contribution in [-0.2, 0) is 6.54 Å². The molecule has 8 heteroatoms. The number of rotatable bonds is 3. The molecule has 0 saturated heterocycles. The third-order valence-corrected chi connectivity index (χ3v) is 2.49. The van der Waals surface area contributed by atoms with Crippen LogP contribution in [0.15, 0.2) is 39.9 Å². The van der Waals surface area contributed by atoms with E-state index in [9.17, 15) is 24.8 Å². The number of phenolic OH excluding ortho intramolecular Hbond substituents is 1. The number of nitro groups is 1. The van der Waals surface area contributed by atoms with Gasteiger partial charge in [0.2, 0.25) is 0 Å². The van der Waals surface area contributed by atoms with Crippen molar-refractivity contribution in [3.05, 3.63) is 66.7 Å². The summed E-state index contributed by atoms with van der Waals surface area (Å²) in [6.07, 6.45) is 0. The van der Waals surface area contributed by atoms with Crippen LogP contribution in [0.25, 0.3) is 0 Å². The highest BCUT2D eigenvalue weighted by Gasteiger charge is 2.11. The minimum absolute atomic E-state index is 0.164. The summed E-state index contributed by atoms with van der Waals surface area (Å²) in [6, 6.07) is 5.61. The Balaban J connectivity index is 2.45. The maximum atomic E-state index is 11.5. The summed E-state index contributed by atoms with van der Waals surface area (Å²) in [5.41, 5.74) is -1.01. The van der Waals surface area contributed by atoms with Crippen molar-refractivity contribution in [1.29, 1.82) is 0 Å². The largest absolute Gasteiger partial charge is 0.508 e. The lowest BCUT2D eigenvalue weighted by Crippen LogP contribution is -2.28. The fourth-order valence-electron chi connectivity index (χ4n) is 1.56. The van der Waals surface area contributed by atoms with Gasteiger partial charge in [0.25, 0.3) is 16.8 Å². The molecule has 0 atom stereocenters. The molecule has 2 aromatic rings. The number of aromatic amines is 1. The van der Waals surface area contributed by atoms with Gasteiger partial charge in [0.1, 0.15) is 5.75 Å². The van der Waals surface area contributed by atoms with E-state index in [0.29, 0.717) is 0 Å². The maximum Gasteiger partial charge on any atom is 0.270 e. The number of H-pyrrole nitrogens is 1. The fraction of sp³-hybridized carbons (Fsp3) is 0.0909. The summed E-state index contributed by atoms with van der Waals surface area (Å²) >= 11 is 0. The van der Waals surface area contributed by atoms with Gasteiger partial charge in [-0.25, -0.2) is 4.68 Å². The lowest BCUT2D eigenvalue weighted by atomic mass is 10.2. The van der Waals surface area contributed by atoms with Gasteiger partial charge in [0, 0.05) is 29.8 Å². The first-order chi connectivity index (χ1) is 8.97. The number of nitrogens with zero attached hydrogens (tertiary/aromatic N) is 2. The number of hydrogen-bond acceptors (Lipinski definition) is 5. The smallest absolute Gasteiger partial charge is 0.270 e. The molecule has 0 aliphatic rings. The number of non-ortho nitro benzene ring substituents is 1. The number of nitro benzene ring substituents is 1. The van der Waals surface area contributed by atoms with E-state index >= 15 is 0 Å². The van der Waals surface area contributed by atoms with E-state index in [1.165, 1.54) is 6.07 Å². The van der Waals surface area contributed by atoms with Crippen molar-refractivity contribution in [3.63, 3.8) is 0 Å². The zero-order valence-electron chi connectivity index (χ0n) is 9.57. The van der Waals surface area contributed by atoms with Gasteiger partial charge in [-0.2, -0.15) is 0 Å². The van der Waals surface area contributed by atoms with Gasteiger partial charge in [-0.1, -0.05) is 0 Å². The van der Waals surface area contributed by atoms with Crippen LogP contribution in [0.1, 0.15) is 5.56 Å². The number of benzene rings is 1.